The Balaban J connectivity index is 1.48. The fourth-order valence-corrected chi connectivity index (χ4v) is 4.44. The fraction of sp³-hybridized carbons (Fsp3) is 0.333. The highest BCUT2D eigenvalue weighted by Crippen LogP contribution is 2.37. The van der Waals surface area contributed by atoms with Crippen LogP contribution >= 0.6 is 0 Å². The Labute approximate surface area is 153 Å². The van der Waals surface area contributed by atoms with Crippen molar-refractivity contribution in [1.82, 2.24) is 20.3 Å². The number of aryl methyl sites for hydroxylation is 2. The van der Waals surface area contributed by atoms with Gasteiger partial charge in [0.2, 0.25) is 0 Å². The lowest BCUT2D eigenvalue weighted by Crippen LogP contribution is -2.48. The van der Waals surface area contributed by atoms with Crippen LogP contribution in [0.1, 0.15) is 28.3 Å². The summed E-state index contributed by atoms with van der Waals surface area (Å²) in [6, 6.07) is 18.3. The highest BCUT2D eigenvalue weighted by Gasteiger charge is 2.31. The summed E-state index contributed by atoms with van der Waals surface area (Å²) < 4.78 is 0. The van der Waals surface area contributed by atoms with Gasteiger partial charge < -0.3 is 4.90 Å². The van der Waals surface area contributed by atoms with Gasteiger partial charge in [-0.25, -0.2) is 0 Å². The number of benzene rings is 2. The number of hydrogen-bond acceptors (Lipinski definition) is 4. The van der Waals surface area contributed by atoms with E-state index in [1.54, 1.807) is 0 Å². The molecular weight excluding hydrogens is 322 g/mol. The molecule has 2 aliphatic rings. The maximum atomic E-state index is 4.24. The molecule has 0 radical (unpaired) electrons. The lowest BCUT2D eigenvalue weighted by molar-refractivity contribution is 0.211. The number of nitrogens with one attached hydrogen (secondary N) is 1. The molecule has 5 nitrogen and oxygen atoms in total. The highest BCUT2D eigenvalue weighted by molar-refractivity contribution is 5.45. The van der Waals surface area contributed by atoms with Crippen molar-refractivity contribution in [3.63, 3.8) is 0 Å². The summed E-state index contributed by atoms with van der Waals surface area (Å²) in [6.07, 6.45) is 4.07. The molecule has 0 unspecified atom stereocenters. The first-order chi connectivity index (χ1) is 12.9. The summed E-state index contributed by atoms with van der Waals surface area (Å²) in [5.74, 6) is 0.950. The minimum atomic E-state index is 0.351. The molecule has 1 aliphatic heterocycles. The number of anilines is 1. The first kappa shape index (κ1) is 15.6. The van der Waals surface area contributed by atoms with Gasteiger partial charge in [0.05, 0.1) is 12.2 Å². The Hall–Kier alpha value is -2.66. The van der Waals surface area contributed by atoms with Crippen molar-refractivity contribution in [2.75, 3.05) is 31.1 Å². The lowest BCUT2D eigenvalue weighted by atomic mass is 9.93. The van der Waals surface area contributed by atoms with Crippen molar-refractivity contribution in [1.29, 1.82) is 0 Å². The van der Waals surface area contributed by atoms with Gasteiger partial charge in [0.15, 0.2) is 5.82 Å². The smallest absolute Gasteiger partial charge is 0.170 e. The summed E-state index contributed by atoms with van der Waals surface area (Å²) in [5, 5.41) is 10.9. The monoisotopic (exact) mass is 345 g/mol. The van der Waals surface area contributed by atoms with Crippen LogP contribution in [0.2, 0.25) is 0 Å². The maximum absolute atomic E-state index is 4.24. The van der Waals surface area contributed by atoms with Crippen molar-refractivity contribution in [3.05, 3.63) is 77.0 Å². The van der Waals surface area contributed by atoms with E-state index in [-0.39, 0.29) is 0 Å². The minimum Gasteiger partial charge on any atom is -0.351 e. The van der Waals surface area contributed by atoms with E-state index in [1.165, 1.54) is 22.3 Å². The molecule has 1 aliphatic carbocycles. The third kappa shape index (κ3) is 2.69. The Morgan fingerprint density at radius 1 is 0.808 bits per heavy atom. The van der Waals surface area contributed by atoms with Crippen molar-refractivity contribution in [3.8, 4) is 0 Å². The molecule has 0 bridgehead atoms. The van der Waals surface area contributed by atoms with Gasteiger partial charge in [0, 0.05) is 26.2 Å². The van der Waals surface area contributed by atoms with E-state index in [2.05, 4.69) is 73.7 Å². The molecule has 0 spiro atoms. The molecule has 1 N–H and O–H groups in total. The first-order valence-corrected chi connectivity index (χ1v) is 9.40. The van der Waals surface area contributed by atoms with Crippen LogP contribution in [0.5, 0.6) is 0 Å². The summed E-state index contributed by atoms with van der Waals surface area (Å²) in [7, 11) is 0. The average Bonchev–Trinajstić information content (AvgIpc) is 3.18. The number of aromatic amines is 1. The van der Waals surface area contributed by atoms with Crippen LogP contribution in [0.4, 0.5) is 5.82 Å². The second-order valence-corrected chi connectivity index (χ2v) is 7.15. The van der Waals surface area contributed by atoms with E-state index in [1.807, 2.05) is 6.20 Å². The molecule has 2 aromatic carbocycles. The second-order valence-electron chi connectivity index (χ2n) is 7.15. The third-order valence-electron chi connectivity index (χ3n) is 5.77. The van der Waals surface area contributed by atoms with Crippen LogP contribution in [0, 0.1) is 0 Å². The number of piperazine rings is 1. The van der Waals surface area contributed by atoms with Crippen molar-refractivity contribution < 1.29 is 0 Å². The average molecular weight is 345 g/mol. The van der Waals surface area contributed by atoms with Gasteiger partial charge in [0.1, 0.15) is 0 Å². The second kappa shape index (κ2) is 6.57. The largest absolute Gasteiger partial charge is 0.351 e. The lowest BCUT2D eigenvalue weighted by Gasteiger charge is -2.40. The van der Waals surface area contributed by atoms with Gasteiger partial charge in [-0.15, -0.1) is 5.10 Å². The first-order valence-electron chi connectivity index (χ1n) is 9.40. The molecule has 5 rings (SSSR count). The number of rotatable bonds is 2. The number of aromatic nitrogens is 3. The number of nitrogens with zero attached hydrogens (tertiary/aromatic N) is 4. The Morgan fingerprint density at radius 2 is 1.42 bits per heavy atom. The zero-order valence-corrected chi connectivity index (χ0v) is 14.8. The summed E-state index contributed by atoms with van der Waals surface area (Å²) in [4.78, 5) is 4.95. The van der Waals surface area contributed by atoms with Crippen LogP contribution in [-0.4, -0.2) is 46.5 Å². The zero-order chi connectivity index (χ0) is 17.3. The highest BCUT2D eigenvalue weighted by atomic mass is 15.4. The molecule has 26 heavy (non-hydrogen) atoms. The normalized spacial score (nSPS) is 18.2. The van der Waals surface area contributed by atoms with Crippen LogP contribution in [-0.2, 0) is 12.8 Å². The molecule has 3 aromatic rings. The predicted octanol–water partition coefficient (Wildman–Crippen LogP) is 2.81. The van der Waals surface area contributed by atoms with Gasteiger partial charge in [-0.3, -0.25) is 4.90 Å². The molecule has 1 saturated heterocycles. The van der Waals surface area contributed by atoms with E-state index in [9.17, 15) is 0 Å². The molecule has 0 atom stereocenters. The molecule has 0 saturated carbocycles. The molecule has 1 fully saturated rings. The minimum absolute atomic E-state index is 0.351. The van der Waals surface area contributed by atoms with Crippen LogP contribution < -0.4 is 4.90 Å². The summed E-state index contributed by atoms with van der Waals surface area (Å²) >= 11 is 0. The van der Waals surface area contributed by atoms with E-state index in [0.717, 1.165) is 44.8 Å². The number of H-pyrrole nitrogens is 1. The molecule has 2 heterocycles. The van der Waals surface area contributed by atoms with Gasteiger partial charge in [-0.05, 0) is 35.1 Å². The van der Waals surface area contributed by atoms with Crippen LogP contribution in [0.3, 0.4) is 0 Å². The molecule has 1 aromatic heterocycles. The summed E-state index contributed by atoms with van der Waals surface area (Å²) in [5.41, 5.74) is 5.94. The predicted molar refractivity (Wildman–Crippen MR) is 102 cm³/mol. The Kier molecular flexibility index (Phi) is 3.94. The summed E-state index contributed by atoms with van der Waals surface area (Å²) in [6.45, 7) is 4.02. The van der Waals surface area contributed by atoms with Gasteiger partial charge >= 0.3 is 0 Å². The standard InChI is InChI=1S/C21H23N5/c1-3-7-18-16(5-1)9-10-17-6-2-4-8-19(17)21(18)26-13-11-25(12-14-26)20-15-22-24-23-20/h1-8,15,21H,9-14H2,(H,22,23,24). The van der Waals surface area contributed by atoms with Gasteiger partial charge in [-0.2, -0.15) is 10.3 Å². The zero-order valence-electron chi connectivity index (χ0n) is 14.8. The third-order valence-corrected chi connectivity index (χ3v) is 5.77. The SMILES string of the molecule is c1ccc2c(c1)CCc1ccccc1C2N1CCN(c2cn[nH]n2)CC1. The quantitative estimate of drug-likeness (QED) is 0.776. The molecule has 5 heteroatoms. The van der Waals surface area contributed by atoms with Crippen molar-refractivity contribution in [2.24, 2.45) is 0 Å². The fourth-order valence-electron chi connectivity index (χ4n) is 4.44. The van der Waals surface area contributed by atoms with E-state index in [4.69, 9.17) is 0 Å². The van der Waals surface area contributed by atoms with Crippen molar-refractivity contribution >= 4 is 5.82 Å². The van der Waals surface area contributed by atoms with Gasteiger partial charge in [0.25, 0.3) is 0 Å². The maximum Gasteiger partial charge on any atom is 0.170 e. The number of hydrogen-bond donors (Lipinski definition) is 1. The van der Waals surface area contributed by atoms with Gasteiger partial charge in [-0.1, -0.05) is 48.5 Å². The molecule has 132 valence electrons. The topological polar surface area (TPSA) is 48.0 Å². The van der Waals surface area contributed by atoms with E-state index in [0.29, 0.717) is 6.04 Å². The van der Waals surface area contributed by atoms with Crippen LogP contribution in [0.25, 0.3) is 0 Å². The van der Waals surface area contributed by atoms with Crippen molar-refractivity contribution in [2.45, 2.75) is 18.9 Å². The van der Waals surface area contributed by atoms with E-state index >= 15 is 0 Å². The number of fused-ring (bicyclic) bond motifs is 2. The Bertz CT molecular complexity index is 833. The van der Waals surface area contributed by atoms with Crippen LogP contribution in [0.15, 0.2) is 54.7 Å². The Morgan fingerprint density at radius 3 is 2.00 bits per heavy atom. The molecule has 0 amide bonds. The molecular formula is C21H23N5. The van der Waals surface area contributed by atoms with E-state index < -0.39 is 0 Å².